The van der Waals surface area contributed by atoms with Gasteiger partial charge in [-0.1, -0.05) is 6.07 Å². The van der Waals surface area contributed by atoms with Crippen LogP contribution >= 0.6 is 11.8 Å². The first-order chi connectivity index (χ1) is 8.90. The van der Waals surface area contributed by atoms with Gasteiger partial charge < -0.3 is 10.5 Å². The van der Waals surface area contributed by atoms with Crippen LogP contribution in [0.3, 0.4) is 0 Å². The average Bonchev–Trinajstić information content (AvgIpc) is 2.33. The number of carbonyl (C=O) groups is 2. The summed E-state index contributed by atoms with van der Waals surface area (Å²) >= 11 is 1.59. The lowest BCUT2D eigenvalue weighted by atomic mass is 10.1. The van der Waals surface area contributed by atoms with Crippen molar-refractivity contribution in [3.8, 4) is 0 Å². The van der Waals surface area contributed by atoms with E-state index in [1.807, 2.05) is 6.07 Å². The van der Waals surface area contributed by atoms with Gasteiger partial charge in [-0.25, -0.2) is 0 Å². The number of esters is 1. The topological polar surface area (TPSA) is 69.4 Å². The van der Waals surface area contributed by atoms with Gasteiger partial charge in [-0.15, -0.1) is 11.8 Å². The fourth-order valence-electron chi connectivity index (χ4n) is 1.37. The van der Waals surface area contributed by atoms with E-state index >= 15 is 0 Å². The summed E-state index contributed by atoms with van der Waals surface area (Å²) in [6, 6.07) is 6.19. The number of hydrogen-bond donors (Lipinski definition) is 1. The van der Waals surface area contributed by atoms with Gasteiger partial charge in [0, 0.05) is 10.6 Å². The summed E-state index contributed by atoms with van der Waals surface area (Å²) in [5.74, 6) is -0.412. The van der Waals surface area contributed by atoms with Crippen molar-refractivity contribution in [1.82, 2.24) is 0 Å². The van der Waals surface area contributed by atoms with Crippen LogP contribution in [0.2, 0.25) is 0 Å². The van der Waals surface area contributed by atoms with Gasteiger partial charge in [0.15, 0.2) is 6.10 Å². The number of hydrogen-bond acceptors (Lipinski definition) is 4. The van der Waals surface area contributed by atoms with Crippen molar-refractivity contribution >= 4 is 23.6 Å². The zero-order valence-electron chi connectivity index (χ0n) is 11.4. The standard InChI is InChI=1S/C14H19NO3S/c1-9-4-5-12(8-10(9)2)19-7-6-13(16)18-11(3)14(15)17/h4-5,8,11H,6-7H2,1-3H3,(H2,15,17). The summed E-state index contributed by atoms with van der Waals surface area (Å²) < 4.78 is 4.87. The molecule has 0 aromatic heterocycles. The summed E-state index contributed by atoms with van der Waals surface area (Å²) in [7, 11) is 0. The Bertz CT molecular complexity index is 474. The molecule has 0 bridgehead atoms. The number of primary amides is 1. The summed E-state index contributed by atoms with van der Waals surface area (Å²) in [5.41, 5.74) is 7.49. The van der Waals surface area contributed by atoms with Crippen LogP contribution in [-0.4, -0.2) is 23.7 Å². The summed E-state index contributed by atoms with van der Waals surface area (Å²) in [5, 5.41) is 0. The summed E-state index contributed by atoms with van der Waals surface area (Å²) in [6.07, 6.45) is -0.603. The first-order valence-corrected chi connectivity index (χ1v) is 7.07. The minimum absolute atomic E-state index is 0.259. The Morgan fingerprint density at radius 1 is 1.32 bits per heavy atom. The molecule has 1 aromatic carbocycles. The number of rotatable bonds is 6. The van der Waals surface area contributed by atoms with Crippen molar-refractivity contribution in [3.63, 3.8) is 0 Å². The van der Waals surface area contributed by atoms with Crippen molar-refractivity contribution in [3.05, 3.63) is 29.3 Å². The maximum Gasteiger partial charge on any atom is 0.307 e. The molecule has 0 radical (unpaired) electrons. The molecule has 0 saturated carbocycles. The van der Waals surface area contributed by atoms with Gasteiger partial charge in [0.25, 0.3) is 5.91 Å². The maximum absolute atomic E-state index is 11.4. The van der Waals surface area contributed by atoms with E-state index in [1.165, 1.54) is 18.1 Å². The monoisotopic (exact) mass is 281 g/mol. The molecule has 1 aromatic rings. The second-order valence-electron chi connectivity index (χ2n) is 4.38. The second kappa shape index (κ2) is 7.19. The molecular formula is C14H19NO3S. The number of nitrogens with two attached hydrogens (primary N) is 1. The average molecular weight is 281 g/mol. The third kappa shape index (κ3) is 5.34. The Morgan fingerprint density at radius 3 is 2.58 bits per heavy atom. The Morgan fingerprint density at radius 2 is 2.00 bits per heavy atom. The van der Waals surface area contributed by atoms with Crippen LogP contribution in [0.25, 0.3) is 0 Å². The molecule has 0 aliphatic heterocycles. The molecule has 104 valence electrons. The smallest absolute Gasteiger partial charge is 0.307 e. The van der Waals surface area contributed by atoms with E-state index in [0.29, 0.717) is 5.75 Å². The first-order valence-electron chi connectivity index (χ1n) is 6.09. The molecule has 0 heterocycles. The highest BCUT2D eigenvalue weighted by molar-refractivity contribution is 7.99. The van der Waals surface area contributed by atoms with Crippen LogP contribution in [0.15, 0.2) is 23.1 Å². The van der Waals surface area contributed by atoms with E-state index in [4.69, 9.17) is 10.5 Å². The highest BCUT2D eigenvalue weighted by Crippen LogP contribution is 2.21. The van der Waals surface area contributed by atoms with Gasteiger partial charge in [-0.05, 0) is 44.0 Å². The van der Waals surface area contributed by atoms with E-state index in [0.717, 1.165) is 4.90 Å². The largest absolute Gasteiger partial charge is 0.453 e. The molecular weight excluding hydrogens is 262 g/mol. The number of benzene rings is 1. The zero-order chi connectivity index (χ0) is 14.4. The lowest BCUT2D eigenvalue weighted by Gasteiger charge is -2.09. The van der Waals surface area contributed by atoms with Gasteiger partial charge in [0.2, 0.25) is 0 Å². The van der Waals surface area contributed by atoms with Crippen molar-refractivity contribution in [2.45, 2.75) is 38.2 Å². The highest BCUT2D eigenvalue weighted by atomic mass is 32.2. The van der Waals surface area contributed by atoms with E-state index in [9.17, 15) is 9.59 Å². The molecule has 0 spiro atoms. The van der Waals surface area contributed by atoms with Crippen LogP contribution in [-0.2, 0) is 14.3 Å². The van der Waals surface area contributed by atoms with Crippen LogP contribution in [0.4, 0.5) is 0 Å². The molecule has 19 heavy (non-hydrogen) atoms. The normalized spacial score (nSPS) is 11.9. The number of amides is 1. The molecule has 2 N–H and O–H groups in total. The zero-order valence-corrected chi connectivity index (χ0v) is 12.3. The van der Waals surface area contributed by atoms with Crippen LogP contribution in [0.1, 0.15) is 24.5 Å². The number of ether oxygens (including phenoxy) is 1. The maximum atomic E-state index is 11.4. The van der Waals surface area contributed by atoms with Crippen molar-refractivity contribution < 1.29 is 14.3 Å². The van der Waals surface area contributed by atoms with Crippen molar-refractivity contribution in [1.29, 1.82) is 0 Å². The van der Waals surface area contributed by atoms with E-state index in [2.05, 4.69) is 26.0 Å². The van der Waals surface area contributed by atoms with E-state index in [-0.39, 0.29) is 6.42 Å². The lowest BCUT2D eigenvalue weighted by molar-refractivity contribution is -0.153. The fraction of sp³-hybridized carbons (Fsp3) is 0.429. The third-order valence-corrected chi connectivity index (χ3v) is 3.76. The fourth-order valence-corrected chi connectivity index (χ4v) is 2.30. The van der Waals surface area contributed by atoms with Crippen molar-refractivity contribution in [2.75, 3.05) is 5.75 Å². The van der Waals surface area contributed by atoms with Gasteiger partial charge >= 0.3 is 5.97 Å². The Kier molecular flexibility index (Phi) is 5.89. The van der Waals surface area contributed by atoms with Crippen molar-refractivity contribution in [2.24, 2.45) is 5.73 Å². The van der Waals surface area contributed by atoms with Gasteiger partial charge in [0.1, 0.15) is 0 Å². The quantitative estimate of drug-likeness (QED) is 0.641. The SMILES string of the molecule is Cc1ccc(SCCC(=O)OC(C)C(N)=O)cc1C. The number of carbonyl (C=O) groups excluding carboxylic acids is 2. The molecule has 4 nitrogen and oxygen atoms in total. The van der Waals surface area contributed by atoms with Crippen LogP contribution in [0.5, 0.6) is 0 Å². The van der Waals surface area contributed by atoms with E-state index in [1.54, 1.807) is 11.8 Å². The third-order valence-electron chi connectivity index (χ3n) is 2.76. The molecule has 0 aliphatic carbocycles. The van der Waals surface area contributed by atoms with E-state index < -0.39 is 18.0 Å². The summed E-state index contributed by atoms with van der Waals surface area (Å²) in [6.45, 7) is 5.59. The van der Waals surface area contributed by atoms with Crippen LogP contribution in [0, 0.1) is 13.8 Å². The summed E-state index contributed by atoms with van der Waals surface area (Å²) in [4.78, 5) is 23.3. The minimum Gasteiger partial charge on any atom is -0.453 e. The van der Waals surface area contributed by atoms with Gasteiger partial charge in [0.05, 0.1) is 6.42 Å². The Balaban J connectivity index is 2.35. The molecule has 5 heteroatoms. The molecule has 1 rings (SSSR count). The Hall–Kier alpha value is -1.49. The molecule has 1 amide bonds. The number of thioether (sulfide) groups is 1. The van der Waals surface area contributed by atoms with Crippen LogP contribution < -0.4 is 5.73 Å². The Labute approximate surface area is 117 Å². The molecule has 0 saturated heterocycles. The predicted molar refractivity (Wildman–Crippen MR) is 76.0 cm³/mol. The predicted octanol–water partition coefficient (Wildman–Crippen LogP) is 2.20. The lowest BCUT2D eigenvalue weighted by Crippen LogP contribution is -2.30. The first kappa shape index (κ1) is 15.6. The number of aryl methyl sites for hydroxylation is 2. The molecule has 1 unspecified atom stereocenters. The second-order valence-corrected chi connectivity index (χ2v) is 5.55. The highest BCUT2D eigenvalue weighted by Gasteiger charge is 2.14. The molecule has 0 fully saturated rings. The van der Waals surface area contributed by atoms with Gasteiger partial charge in [-0.3, -0.25) is 9.59 Å². The van der Waals surface area contributed by atoms with Gasteiger partial charge in [-0.2, -0.15) is 0 Å². The minimum atomic E-state index is -0.862. The molecule has 0 aliphatic rings. The molecule has 1 atom stereocenters.